The molecule has 0 bridgehead atoms. The zero-order chi connectivity index (χ0) is 22.9. The predicted molar refractivity (Wildman–Crippen MR) is 123 cm³/mol. The third kappa shape index (κ3) is 4.30. The second-order valence-corrected chi connectivity index (χ2v) is 8.89. The van der Waals surface area contributed by atoms with Gasteiger partial charge >= 0.3 is 0 Å². The molecule has 0 unspecified atom stereocenters. The molecule has 8 nitrogen and oxygen atoms in total. The summed E-state index contributed by atoms with van der Waals surface area (Å²) in [5.41, 5.74) is 4.35. The Morgan fingerprint density at radius 1 is 1.06 bits per heavy atom. The molecular weight excluding hydrogens is 404 g/mol. The lowest BCUT2D eigenvalue weighted by atomic mass is 9.84. The van der Waals surface area contributed by atoms with Crippen LogP contribution in [0.4, 0.5) is 5.69 Å². The summed E-state index contributed by atoms with van der Waals surface area (Å²) in [6, 6.07) is 5.93. The van der Waals surface area contributed by atoms with Crippen LogP contribution < -0.4 is 10.6 Å². The number of nitrogens with one attached hydrogen (secondary N) is 2. The van der Waals surface area contributed by atoms with Crippen LogP contribution in [0.1, 0.15) is 47.2 Å². The molecule has 0 atom stereocenters. The van der Waals surface area contributed by atoms with Gasteiger partial charge in [0.15, 0.2) is 0 Å². The van der Waals surface area contributed by atoms with Gasteiger partial charge in [-0.25, -0.2) is 0 Å². The minimum absolute atomic E-state index is 0.0303. The summed E-state index contributed by atoms with van der Waals surface area (Å²) in [5, 5.41) is 14.7. The van der Waals surface area contributed by atoms with Crippen molar-refractivity contribution in [1.82, 2.24) is 24.9 Å². The normalized spacial score (nSPS) is 15.0. The van der Waals surface area contributed by atoms with Crippen molar-refractivity contribution >= 4 is 17.5 Å². The SMILES string of the molecule is Cc1ccc(NC(=O)C2(CNC(=O)c3cn(C)nc3-c3cnn(C)c3)CCCC2)cc1C. The molecule has 32 heavy (non-hydrogen) atoms. The quantitative estimate of drug-likeness (QED) is 0.622. The summed E-state index contributed by atoms with van der Waals surface area (Å²) in [4.78, 5) is 26.4. The predicted octanol–water partition coefficient (Wildman–Crippen LogP) is 3.37. The molecule has 0 spiro atoms. The summed E-state index contributed by atoms with van der Waals surface area (Å²) in [6.07, 6.45) is 8.68. The first-order valence-electron chi connectivity index (χ1n) is 11.0. The van der Waals surface area contributed by atoms with Crippen LogP contribution in [0.15, 0.2) is 36.8 Å². The van der Waals surface area contributed by atoms with Crippen LogP contribution in [0.3, 0.4) is 0 Å². The summed E-state index contributed by atoms with van der Waals surface area (Å²) in [6.45, 7) is 4.38. The highest BCUT2D eigenvalue weighted by Crippen LogP contribution is 2.39. The molecule has 2 heterocycles. The monoisotopic (exact) mass is 434 g/mol. The van der Waals surface area contributed by atoms with Gasteiger partial charge in [0, 0.05) is 44.3 Å². The van der Waals surface area contributed by atoms with E-state index >= 15 is 0 Å². The van der Waals surface area contributed by atoms with E-state index in [1.165, 1.54) is 5.56 Å². The Kier molecular flexibility index (Phi) is 5.86. The van der Waals surface area contributed by atoms with Gasteiger partial charge in [0.05, 0.1) is 17.2 Å². The van der Waals surface area contributed by atoms with E-state index in [1.54, 1.807) is 28.8 Å². The van der Waals surface area contributed by atoms with Gasteiger partial charge in [-0.05, 0) is 49.9 Å². The molecule has 2 amide bonds. The van der Waals surface area contributed by atoms with E-state index in [9.17, 15) is 9.59 Å². The van der Waals surface area contributed by atoms with Crippen molar-refractivity contribution in [2.45, 2.75) is 39.5 Å². The van der Waals surface area contributed by atoms with Gasteiger partial charge in [0.25, 0.3) is 5.91 Å². The van der Waals surface area contributed by atoms with Crippen LogP contribution in [-0.2, 0) is 18.9 Å². The molecule has 1 aliphatic rings. The molecular formula is C24H30N6O2. The van der Waals surface area contributed by atoms with Crippen molar-refractivity contribution < 1.29 is 9.59 Å². The Bertz CT molecular complexity index is 1150. The Morgan fingerprint density at radius 3 is 2.47 bits per heavy atom. The van der Waals surface area contributed by atoms with Gasteiger partial charge in [-0.3, -0.25) is 19.0 Å². The first-order chi connectivity index (χ1) is 15.3. The van der Waals surface area contributed by atoms with Crippen molar-refractivity contribution in [2.75, 3.05) is 11.9 Å². The lowest BCUT2D eigenvalue weighted by molar-refractivity contribution is -0.125. The molecule has 1 saturated carbocycles. The maximum Gasteiger partial charge on any atom is 0.255 e. The van der Waals surface area contributed by atoms with Gasteiger partial charge in [-0.15, -0.1) is 0 Å². The number of hydrogen-bond donors (Lipinski definition) is 2. The Labute approximate surface area is 188 Å². The second kappa shape index (κ2) is 8.61. The molecule has 0 radical (unpaired) electrons. The Balaban J connectivity index is 1.50. The zero-order valence-electron chi connectivity index (χ0n) is 19.1. The maximum absolute atomic E-state index is 13.3. The average molecular weight is 435 g/mol. The van der Waals surface area contributed by atoms with Crippen LogP contribution in [0.5, 0.6) is 0 Å². The van der Waals surface area contributed by atoms with Gasteiger partial charge in [0.2, 0.25) is 5.91 Å². The first-order valence-corrected chi connectivity index (χ1v) is 11.0. The molecule has 1 aromatic carbocycles. The van der Waals surface area contributed by atoms with E-state index in [2.05, 4.69) is 20.8 Å². The highest BCUT2D eigenvalue weighted by atomic mass is 16.2. The Morgan fingerprint density at radius 2 is 1.81 bits per heavy atom. The fourth-order valence-corrected chi connectivity index (χ4v) is 4.37. The van der Waals surface area contributed by atoms with E-state index in [0.29, 0.717) is 17.8 Å². The fraction of sp³-hybridized carbons (Fsp3) is 0.417. The van der Waals surface area contributed by atoms with Crippen LogP contribution in [0.25, 0.3) is 11.3 Å². The minimum Gasteiger partial charge on any atom is -0.351 e. The largest absolute Gasteiger partial charge is 0.351 e. The zero-order valence-corrected chi connectivity index (χ0v) is 19.1. The summed E-state index contributed by atoms with van der Waals surface area (Å²) < 4.78 is 3.30. The van der Waals surface area contributed by atoms with Gasteiger partial charge < -0.3 is 10.6 Å². The van der Waals surface area contributed by atoms with E-state index in [-0.39, 0.29) is 11.8 Å². The molecule has 0 aliphatic heterocycles. The van der Waals surface area contributed by atoms with Crippen LogP contribution in [-0.4, -0.2) is 37.9 Å². The van der Waals surface area contributed by atoms with Crippen LogP contribution in [0, 0.1) is 19.3 Å². The molecule has 4 rings (SSSR count). The molecule has 1 fully saturated rings. The maximum atomic E-state index is 13.3. The molecule has 3 aromatic rings. The smallest absolute Gasteiger partial charge is 0.255 e. The third-order valence-electron chi connectivity index (χ3n) is 6.45. The van der Waals surface area contributed by atoms with Crippen molar-refractivity contribution in [3.8, 4) is 11.3 Å². The standard InChI is InChI=1S/C24H30N6O2/c1-16-7-8-19(11-17(16)2)27-23(32)24(9-5-6-10-24)15-25-22(31)20-14-30(4)28-21(20)18-12-26-29(3)13-18/h7-8,11-14H,5-6,9-10,15H2,1-4H3,(H,25,31)(H,27,32). The molecule has 0 saturated heterocycles. The van der Waals surface area contributed by atoms with Crippen molar-refractivity contribution in [2.24, 2.45) is 19.5 Å². The van der Waals surface area contributed by atoms with Gasteiger partial charge in [-0.1, -0.05) is 18.9 Å². The molecule has 2 aromatic heterocycles. The molecule has 1 aliphatic carbocycles. The second-order valence-electron chi connectivity index (χ2n) is 8.89. The van der Waals surface area contributed by atoms with Crippen molar-refractivity contribution in [3.05, 3.63) is 53.5 Å². The van der Waals surface area contributed by atoms with Gasteiger partial charge in [-0.2, -0.15) is 10.2 Å². The molecule has 168 valence electrons. The van der Waals surface area contributed by atoms with E-state index < -0.39 is 5.41 Å². The van der Waals surface area contributed by atoms with E-state index in [4.69, 9.17) is 0 Å². The van der Waals surface area contributed by atoms with Crippen LogP contribution >= 0.6 is 0 Å². The number of hydrogen-bond acceptors (Lipinski definition) is 4. The molecule has 8 heteroatoms. The first kappa shape index (κ1) is 21.8. The van der Waals surface area contributed by atoms with E-state index in [0.717, 1.165) is 42.5 Å². The number of rotatable bonds is 6. The average Bonchev–Trinajstić information content (AvgIpc) is 3.49. The van der Waals surface area contributed by atoms with E-state index in [1.807, 2.05) is 45.3 Å². The number of carbonyl (C=O) groups excluding carboxylic acids is 2. The number of nitrogens with zero attached hydrogens (tertiary/aromatic N) is 4. The third-order valence-corrected chi connectivity index (χ3v) is 6.45. The molecule has 2 N–H and O–H groups in total. The van der Waals surface area contributed by atoms with Crippen molar-refractivity contribution in [1.29, 1.82) is 0 Å². The summed E-state index contributed by atoms with van der Waals surface area (Å²) in [7, 11) is 3.61. The number of amides is 2. The van der Waals surface area contributed by atoms with Crippen molar-refractivity contribution in [3.63, 3.8) is 0 Å². The highest BCUT2D eigenvalue weighted by molar-refractivity contribution is 6.01. The van der Waals surface area contributed by atoms with Crippen LogP contribution in [0.2, 0.25) is 0 Å². The lowest BCUT2D eigenvalue weighted by Crippen LogP contribution is -2.44. The number of anilines is 1. The Hall–Kier alpha value is -3.42. The fourth-order valence-electron chi connectivity index (χ4n) is 4.37. The summed E-state index contributed by atoms with van der Waals surface area (Å²) >= 11 is 0. The topological polar surface area (TPSA) is 93.8 Å². The summed E-state index contributed by atoms with van der Waals surface area (Å²) in [5.74, 6) is -0.264. The number of benzene rings is 1. The lowest BCUT2D eigenvalue weighted by Gasteiger charge is -2.28. The highest BCUT2D eigenvalue weighted by Gasteiger charge is 2.41. The number of aromatic nitrogens is 4. The minimum atomic E-state index is -0.606. The number of aryl methyl sites for hydroxylation is 4. The number of carbonyl (C=O) groups is 2. The van der Waals surface area contributed by atoms with Gasteiger partial charge in [0.1, 0.15) is 5.69 Å².